The highest BCUT2D eigenvalue weighted by molar-refractivity contribution is 6.26. The number of aromatic nitrogens is 1. The van der Waals surface area contributed by atoms with Crippen molar-refractivity contribution < 1.29 is 76.4 Å². The zero-order valence-electron chi connectivity index (χ0n) is 58.3. The number of esters is 1. The number of amides is 6. The molecule has 8 atom stereocenters. The van der Waals surface area contributed by atoms with Gasteiger partial charge < -0.3 is 64.2 Å². The minimum atomic E-state index is -2.02. The number of imide groups is 1. The number of phenolic OH excluding ortho intramolecular Hbond substituents is 1. The number of carbonyl (C=O) groups excluding carboxylic acids is 8. The number of hydrogen-bond donors (Lipinski definition) is 6. The number of aromatic hydroxyl groups is 1. The molecule has 0 radical (unpaired) electrons. The summed E-state index contributed by atoms with van der Waals surface area (Å²) in [5, 5.41) is 34.8. The van der Waals surface area contributed by atoms with Gasteiger partial charge in [0.05, 0.1) is 57.1 Å². The molecule has 1 unspecified atom stereocenters. The van der Waals surface area contributed by atoms with Crippen LogP contribution in [-0.4, -0.2) is 149 Å². The first-order valence-corrected chi connectivity index (χ1v) is 33.7. The van der Waals surface area contributed by atoms with Gasteiger partial charge in [0.1, 0.15) is 46.9 Å². The van der Waals surface area contributed by atoms with Gasteiger partial charge in [-0.3, -0.25) is 48.1 Å². The number of carbonyl (C=O) groups is 8. The molecule has 1 fully saturated rings. The molecule has 24 heteroatoms. The Hall–Kier alpha value is -9.42. The predicted molar refractivity (Wildman–Crippen MR) is 371 cm³/mol. The third kappa shape index (κ3) is 16.1. The summed E-state index contributed by atoms with van der Waals surface area (Å²) < 4.78 is 31.8. The maximum Gasteiger partial charge on any atom is 0.312 e. The molecule has 98 heavy (non-hydrogen) atoms. The van der Waals surface area contributed by atoms with Gasteiger partial charge in [-0.25, -0.2) is 4.98 Å². The number of aliphatic hydroxyl groups is 1. The molecule has 4 aliphatic rings. The second-order valence-corrected chi connectivity index (χ2v) is 27.8. The van der Waals surface area contributed by atoms with Crippen molar-refractivity contribution in [2.24, 2.45) is 29.6 Å². The van der Waals surface area contributed by atoms with E-state index in [-0.39, 0.29) is 128 Å². The Labute approximate surface area is 570 Å². The molecule has 6 N–H and O–H groups in total. The van der Waals surface area contributed by atoms with Crippen molar-refractivity contribution in [3.63, 3.8) is 0 Å². The quantitative estimate of drug-likeness (QED) is 0.00905. The van der Waals surface area contributed by atoms with E-state index in [1.54, 1.807) is 39.0 Å². The zero-order chi connectivity index (χ0) is 71.2. The molecule has 524 valence electrons. The average molecular weight is 1350 g/mol. The van der Waals surface area contributed by atoms with Crippen LogP contribution in [0.15, 0.2) is 93.9 Å². The average Bonchev–Trinajstić information content (AvgIpc) is 1.42. The highest BCUT2D eigenvalue weighted by Crippen LogP contribution is 2.49. The Kier molecular flexibility index (Phi) is 22.7. The Balaban J connectivity index is 0.909. The first-order chi connectivity index (χ1) is 46.4. The lowest BCUT2D eigenvalue weighted by Gasteiger charge is -2.43. The number of ketones is 1. The molecule has 4 bridgehead atoms. The standard InChI is InChI=1S/C74H92N8O16/c1-40(2)61(77-54(84)22-15-14-16-31-81-56(86)27-28-57(81)87)73(93)75-38-55(85)76-49-25-23-48(24-26-49)39-82(11,12)51-29-32-80(33-30-51)50-36-52(94-13)62-53(37-50)97-70-63(78-62)58-59-66(89)46(8)69-60(58)71(91)74(10,98-69)95-34-18-21-42(4)68(96-47(9)83)45(7)65(88)44(6)35-41(3)19-17-20-43(5)72(92)79-64(70)67(59)90/h17-20,23-28,34,36-37,40-42,44-45,51,61,65,68,88H,14-16,21-22,29-33,35,38-39H2,1-13H3,(H4-,75,76,77,78,79,84,85,89,90,91,92,93)/p+1/b19-17+,34-18+,43-20-/t41-,42+,44+,45+,61?,65+,68+,74-/m0/s1. The van der Waals surface area contributed by atoms with Crippen molar-refractivity contribution in [1.82, 2.24) is 20.5 Å². The van der Waals surface area contributed by atoms with E-state index in [0.717, 1.165) is 29.0 Å². The fourth-order valence-electron chi connectivity index (χ4n) is 13.8. The van der Waals surface area contributed by atoms with Crippen LogP contribution in [0.4, 0.5) is 17.1 Å². The summed E-state index contributed by atoms with van der Waals surface area (Å²) >= 11 is 0. The number of methoxy groups -OCH3 is 1. The van der Waals surface area contributed by atoms with Gasteiger partial charge in [0.25, 0.3) is 23.5 Å². The maximum atomic E-state index is 15.0. The Morgan fingerprint density at radius 3 is 2.27 bits per heavy atom. The monoisotopic (exact) mass is 1350 g/mol. The minimum absolute atomic E-state index is 0.00744. The Morgan fingerprint density at radius 2 is 1.60 bits per heavy atom. The van der Waals surface area contributed by atoms with E-state index in [1.165, 1.54) is 46.3 Å². The summed E-state index contributed by atoms with van der Waals surface area (Å²) in [6.07, 6.45) is 13.5. The van der Waals surface area contributed by atoms with Crippen LogP contribution in [0, 0.1) is 36.5 Å². The van der Waals surface area contributed by atoms with E-state index >= 15 is 4.79 Å². The number of piperidine rings is 1. The van der Waals surface area contributed by atoms with E-state index in [2.05, 4.69) is 40.3 Å². The van der Waals surface area contributed by atoms with E-state index in [0.29, 0.717) is 67.7 Å². The number of unbranched alkanes of at least 4 members (excludes halogenated alkanes) is 2. The molecule has 4 aromatic carbocycles. The van der Waals surface area contributed by atoms with E-state index < -0.39 is 70.6 Å². The van der Waals surface area contributed by atoms with Gasteiger partial charge in [0, 0.05) is 116 Å². The molecule has 0 saturated carbocycles. The molecule has 0 aliphatic carbocycles. The number of nitrogens with one attached hydrogen (secondary N) is 4. The third-order valence-electron chi connectivity index (χ3n) is 19.5. The van der Waals surface area contributed by atoms with Crippen molar-refractivity contribution in [3.05, 3.63) is 112 Å². The lowest BCUT2D eigenvalue weighted by molar-refractivity contribution is -0.928. The number of rotatable bonds is 18. The fourth-order valence-corrected chi connectivity index (χ4v) is 13.8. The lowest BCUT2D eigenvalue weighted by Crippen LogP contribution is -2.53. The van der Waals surface area contributed by atoms with Crippen LogP contribution in [-0.2, 0) is 49.6 Å². The number of aliphatic hydroxyl groups excluding tert-OH is 1. The Morgan fingerprint density at radius 1 is 0.908 bits per heavy atom. The maximum absolute atomic E-state index is 15.0. The van der Waals surface area contributed by atoms with Gasteiger partial charge in [0.15, 0.2) is 22.3 Å². The van der Waals surface area contributed by atoms with E-state index in [4.69, 9.17) is 28.3 Å². The van der Waals surface area contributed by atoms with Crippen molar-refractivity contribution in [3.8, 4) is 17.2 Å². The molecule has 5 heterocycles. The number of hydrogen-bond acceptors (Lipinski definition) is 18. The summed E-state index contributed by atoms with van der Waals surface area (Å²) in [5.41, 5.74) is 1.76. The predicted octanol–water partition coefficient (Wildman–Crippen LogP) is 9.34. The summed E-state index contributed by atoms with van der Waals surface area (Å²) in [6.45, 7) is 19.0. The summed E-state index contributed by atoms with van der Waals surface area (Å²) in [6, 6.07) is 10.6. The number of anilines is 3. The van der Waals surface area contributed by atoms with Crippen LogP contribution in [0.1, 0.15) is 135 Å². The second kappa shape index (κ2) is 30.6. The van der Waals surface area contributed by atoms with Gasteiger partial charge in [0.2, 0.25) is 17.7 Å². The summed E-state index contributed by atoms with van der Waals surface area (Å²) in [4.78, 5) is 128. The highest BCUT2D eigenvalue weighted by atomic mass is 16.7. The van der Waals surface area contributed by atoms with Crippen molar-refractivity contribution in [2.45, 2.75) is 157 Å². The summed E-state index contributed by atoms with van der Waals surface area (Å²) in [5.74, 6) is -7.50. The number of phenols is 1. The molecule has 1 aromatic heterocycles. The van der Waals surface area contributed by atoms with Crippen LogP contribution < -0.4 is 41.1 Å². The number of allylic oxidation sites excluding steroid dienone is 4. The molecular weight excluding hydrogens is 1260 g/mol. The molecule has 1 saturated heterocycles. The van der Waals surface area contributed by atoms with Crippen molar-refractivity contribution in [2.75, 3.05) is 62.9 Å². The van der Waals surface area contributed by atoms with Crippen molar-refractivity contribution >= 4 is 97.2 Å². The smallest absolute Gasteiger partial charge is 0.312 e. The van der Waals surface area contributed by atoms with Crippen LogP contribution in [0.3, 0.4) is 0 Å². The molecule has 6 amide bonds. The molecule has 4 aliphatic heterocycles. The van der Waals surface area contributed by atoms with Crippen LogP contribution in [0.5, 0.6) is 17.2 Å². The SMILES string of the molecule is COc1cc(N2CCC([N+](C)(C)Cc3ccc(NC(=O)CNC(=O)C(NC(=O)CCCCCN4C(=O)C=CC4=O)C(C)C)cc3)CC2)cc2oc3c4c(O)c5c(=O)c(C)c6c(c5c3nc12)C(=O)[C@@](C)(O/C=C/C[C@@H](C)[C@@H](OC(C)=O)[C@H](C)[C@H](O)[C@H](C)C[C@@H](C)/C=C/C=C(/C)C(=O)N4)O6. The third-order valence-corrected chi connectivity index (χ3v) is 19.5. The van der Waals surface area contributed by atoms with Crippen LogP contribution in [0.2, 0.25) is 0 Å². The number of quaternary nitrogens is 1. The number of ether oxygens (including phenoxy) is 4. The normalized spacial score (nSPS) is 23.5. The van der Waals surface area contributed by atoms with Gasteiger partial charge in [-0.1, -0.05) is 78.3 Å². The van der Waals surface area contributed by atoms with Gasteiger partial charge >= 0.3 is 11.8 Å². The summed E-state index contributed by atoms with van der Waals surface area (Å²) in [7, 11) is 5.87. The van der Waals surface area contributed by atoms with E-state index in [9.17, 15) is 48.6 Å². The lowest BCUT2D eigenvalue weighted by atomic mass is 9.80. The fraction of sp³-hybridized carbons (Fsp3) is 0.486. The molecule has 9 rings (SSSR count). The first-order valence-electron chi connectivity index (χ1n) is 33.7. The molecule has 5 aromatic rings. The Bertz CT molecular complexity index is 4110. The largest absolute Gasteiger partial charge is 0.505 e. The molecular formula is C74H93N8O16+. The topological polar surface area (TPSA) is 312 Å². The van der Waals surface area contributed by atoms with Gasteiger partial charge in [-0.2, -0.15) is 0 Å². The minimum Gasteiger partial charge on any atom is -0.505 e. The number of Topliss-reactive ketones (excluding diaryl/α,β-unsaturated/α-hetero) is 1. The van der Waals surface area contributed by atoms with Gasteiger partial charge in [-0.15, -0.1) is 0 Å². The van der Waals surface area contributed by atoms with Crippen LogP contribution >= 0.6 is 0 Å². The first kappa shape index (κ1) is 72.8. The van der Waals surface area contributed by atoms with E-state index in [1.807, 2.05) is 70.2 Å². The molecule has 0 spiro atoms. The van der Waals surface area contributed by atoms with Crippen molar-refractivity contribution in [1.29, 1.82) is 0 Å². The zero-order valence-corrected chi connectivity index (χ0v) is 58.3. The second-order valence-electron chi connectivity index (χ2n) is 27.8. The van der Waals surface area contributed by atoms with Crippen LogP contribution in [0.25, 0.3) is 33.0 Å². The number of benzene rings is 4. The number of fused-ring (bicyclic) bond motifs is 2. The number of nitrogens with zero attached hydrogens (tertiary/aromatic N) is 4. The highest BCUT2D eigenvalue weighted by Gasteiger charge is 2.50. The van der Waals surface area contributed by atoms with Gasteiger partial charge in [-0.05, 0) is 81.4 Å². The molecule has 24 nitrogen and oxygen atoms in total.